The maximum absolute atomic E-state index is 12.3. The van der Waals surface area contributed by atoms with Crippen LogP contribution in [0.4, 0.5) is 0 Å². The Kier molecular flexibility index (Phi) is 3.31. The lowest BCUT2D eigenvalue weighted by molar-refractivity contribution is -0.144. The SMILES string of the molecule is CC1(C)S[C@H]2N(C(=O)C2(Br)Br)C1Cc1ccccc1. The average Bonchev–Trinajstić information content (AvgIpc) is 2.62. The van der Waals surface area contributed by atoms with Crippen molar-refractivity contribution in [2.45, 2.75) is 39.7 Å². The zero-order valence-corrected chi connectivity index (χ0v) is 14.8. The molecule has 102 valence electrons. The van der Waals surface area contributed by atoms with Gasteiger partial charge in [0.2, 0.25) is 0 Å². The second-order valence-corrected chi connectivity index (χ2v) is 10.9. The number of hydrogen-bond acceptors (Lipinski definition) is 2. The van der Waals surface area contributed by atoms with E-state index in [-0.39, 0.29) is 22.1 Å². The normalized spacial score (nSPS) is 30.9. The van der Waals surface area contributed by atoms with Gasteiger partial charge >= 0.3 is 0 Å². The Labute approximate surface area is 134 Å². The lowest BCUT2D eigenvalue weighted by Gasteiger charge is -2.47. The van der Waals surface area contributed by atoms with Crippen LogP contribution in [0, 0.1) is 0 Å². The first-order valence-electron chi connectivity index (χ1n) is 6.26. The summed E-state index contributed by atoms with van der Waals surface area (Å²) in [4.78, 5) is 14.3. The van der Waals surface area contributed by atoms with Crippen molar-refractivity contribution < 1.29 is 4.79 Å². The predicted octanol–water partition coefficient (Wildman–Crippen LogP) is 3.78. The highest BCUT2D eigenvalue weighted by Gasteiger charge is 2.67. The Balaban J connectivity index is 1.87. The summed E-state index contributed by atoms with van der Waals surface area (Å²) in [6, 6.07) is 10.7. The first-order chi connectivity index (χ1) is 8.84. The molecule has 2 aliphatic heterocycles. The Hall–Kier alpha value is -0.000000000000000111. The molecule has 0 aliphatic carbocycles. The van der Waals surface area contributed by atoms with Crippen molar-refractivity contribution in [1.29, 1.82) is 0 Å². The minimum absolute atomic E-state index is 0.0689. The summed E-state index contributed by atoms with van der Waals surface area (Å²) in [5.41, 5.74) is 1.29. The van der Waals surface area contributed by atoms with Gasteiger partial charge < -0.3 is 4.90 Å². The van der Waals surface area contributed by atoms with Crippen LogP contribution in [0.1, 0.15) is 19.4 Å². The molecule has 1 unspecified atom stereocenters. The minimum Gasteiger partial charge on any atom is -0.321 e. The molecule has 2 fully saturated rings. The fourth-order valence-electron chi connectivity index (χ4n) is 2.81. The van der Waals surface area contributed by atoms with E-state index in [1.54, 1.807) is 0 Å². The third-order valence-electron chi connectivity index (χ3n) is 3.91. The molecule has 19 heavy (non-hydrogen) atoms. The summed E-state index contributed by atoms with van der Waals surface area (Å²) in [7, 11) is 0. The van der Waals surface area contributed by atoms with Crippen LogP contribution >= 0.6 is 43.6 Å². The van der Waals surface area contributed by atoms with Gasteiger partial charge in [0.25, 0.3) is 5.91 Å². The molecule has 0 saturated carbocycles. The number of halogens is 2. The third kappa shape index (κ3) is 2.09. The van der Waals surface area contributed by atoms with Crippen LogP contribution in [0.25, 0.3) is 0 Å². The molecule has 2 heterocycles. The van der Waals surface area contributed by atoms with Crippen LogP contribution in [0.2, 0.25) is 0 Å². The summed E-state index contributed by atoms with van der Waals surface area (Å²) < 4.78 is -0.493. The quantitative estimate of drug-likeness (QED) is 0.552. The highest BCUT2D eigenvalue weighted by molar-refractivity contribution is 9.26. The highest BCUT2D eigenvalue weighted by atomic mass is 79.9. The van der Waals surface area contributed by atoms with Gasteiger partial charge in [-0.1, -0.05) is 62.2 Å². The van der Waals surface area contributed by atoms with Gasteiger partial charge in [-0.3, -0.25) is 4.79 Å². The number of amides is 1. The number of hydrogen-bond donors (Lipinski definition) is 0. The second kappa shape index (κ2) is 4.50. The number of thioether (sulfide) groups is 1. The van der Waals surface area contributed by atoms with E-state index in [4.69, 9.17) is 0 Å². The lowest BCUT2D eigenvalue weighted by atomic mass is 9.92. The molecule has 1 aromatic rings. The zero-order chi connectivity index (χ0) is 13.8. The Morgan fingerprint density at radius 1 is 1.26 bits per heavy atom. The van der Waals surface area contributed by atoms with Crippen molar-refractivity contribution in [3.05, 3.63) is 35.9 Å². The number of alkyl halides is 2. The molecule has 0 radical (unpaired) electrons. The molecule has 0 aromatic heterocycles. The Morgan fingerprint density at radius 2 is 1.89 bits per heavy atom. The van der Waals surface area contributed by atoms with E-state index in [0.717, 1.165) is 6.42 Å². The Bertz CT molecular complexity index is 517. The number of carbonyl (C=O) groups excluding carboxylic acids is 1. The smallest absolute Gasteiger partial charge is 0.254 e. The van der Waals surface area contributed by atoms with Crippen molar-refractivity contribution in [2.75, 3.05) is 0 Å². The zero-order valence-electron chi connectivity index (χ0n) is 10.8. The maximum Gasteiger partial charge on any atom is 0.254 e. The van der Waals surface area contributed by atoms with E-state index in [2.05, 4.69) is 70.0 Å². The van der Waals surface area contributed by atoms with Crippen molar-refractivity contribution in [3.8, 4) is 0 Å². The number of nitrogens with zero attached hydrogens (tertiary/aromatic N) is 1. The van der Waals surface area contributed by atoms with E-state index in [9.17, 15) is 4.79 Å². The van der Waals surface area contributed by atoms with E-state index in [1.807, 2.05) is 22.7 Å². The average molecular weight is 405 g/mol. The van der Waals surface area contributed by atoms with Crippen LogP contribution < -0.4 is 0 Å². The van der Waals surface area contributed by atoms with Gasteiger partial charge in [0.05, 0.1) is 6.04 Å². The van der Waals surface area contributed by atoms with Gasteiger partial charge in [-0.25, -0.2) is 0 Å². The molecule has 3 rings (SSSR count). The van der Waals surface area contributed by atoms with Gasteiger partial charge in [-0.2, -0.15) is 0 Å². The van der Waals surface area contributed by atoms with Crippen LogP contribution in [0.5, 0.6) is 0 Å². The summed E-state index contributed by atoms with van der Waals surface area (Å²) in [5.74, 6) is 0.150. The van der Waals surface area contributed by atoms with Crippen LogP contribution in [-0.4, -0.2) is 30.2 Å². The van der Waals surface area contributed by atoms with Crippen molar-refractivity contribution in [1.82, 2.24) is 4.90 Å². The fraction of sp³-hybridized carbons (Fsp3) is 0.500. The molecule has 5 heteroatoms. The van der Waals surface area contributed by atoms with E-state index >= 15 is 0 Å². The first-order valence-corrected chi connectivity index (χ1v) is 8.73. The molecule has 2 saturated heterocycles. The maximum atomic E-state index is 12.3. The van der Waals surface area contributed by atoms with E-state index < -0.39 is 3.23 Å². The molecule has 0 N–H and O–H groups in total. The monoisotopic (exact) mass is 403 g/mol. The van der Waals surface area contributed by atoms with E-state index in [1.165, 1.54) is 5.56 Å². The molecule has 2 aliphatic rings. The molecule has 1 aromatic carbocycles. The molecular weight excluding hydrogens is 390 g/mol. The molecule has 0 spiro atoms. The lowest BCUT2D eigenvalue weighted by Crippen LogP contribution is -2.67. The first kappa shape index (κ1) is 14.0. The van der Waals surface area contributed by atoms with Gasteiger partial charge in [0.1, 0.15) is 5.37 Å². The molecule has 1 amide bonds. The number of benzene rings is 1. The molecular formula is C14H15Br2NOS. The molecule has 2 atom stereocenters. The van der Waals surface area contributed by atoms with Crippen molar-refractivity contribution >= 4 is 49.5 Å². The largest absolute Gasteiger partial charge is 0.321 e. The summed E-state index contributed by atoms with van der Waals surface area (Å²) >= 11 is 8.88. The van der Waals surface area contributed by atoms with Crippen LogP contribution in [0.15, 0.2) is 30.3 Å². The van der Waals surface area contributed by atoms with Gasteiger partial charge in [-0.05, 0) is 25.8 Å². The van der Waals surface area contributed by atoms with Gasteiger partial charge in [0.15, 0.2) is 3.23 Å². The second-order valence-electron chi connectivity index (χ2n) is 5.61. The third-order valence-corrected chi connectivity index (χ3v) is 7.74. The predicted molar refractivity (Wildman–Crippen MR) is 86.8 cm³/mol. The molecule has 2 nitrogen and oxygen atoms in total. The summed E-state index contributed by atoms with van der Waals surface area (Å²) in [6.07, 6.45) is 0.916. The van der Waals surface area contributed by atoms with Crippen LogP contribution in [-0.2, 0) is 11.2 Å². The van der Waals surface area contributed by atoms with Crippen LogP contribution in [0.3, 0.4) is 0 Å². The minimum atomic E-state index is -0.562. The summed E-state index contributed by atoms with van der Waals surface area (Å²) in [6.45, 7) is 4.46. The van der Waals surface area contributed by atoms with Crippen molar-refractivity contribution in [3.63, 3.8) is 0 Å². The highest BCUT2D eigenvalue weighted by Crippen LogP contribution is 2.60. The van der Waals surface area contributed by atoms with E-state index in [0.29, 0.717) is 0 Å². The number of rotatable bonds is 2. The molecule has 0 bridgehead atoms. The number of carbonyl (C=O) groups is 1. The van der Waals surface area contributed by atoms with Crippen molar-refractivity contribution in [2.24, 2.45) is 0 Å². The van der Waals surface area contributed by atoms with Gasteiger partial charge in [0, 0.05) is 4.75 Å². The number of fused-ring (bicyclic) bond motifs is 1. The topological polar surface area (TPSA) is 20.3 Å². The Morgan fingerprint density at radius 3 is 2.53 bits per heavy atom. The number of β-lactam (4-membered cyclic amide) rings is 1. The van der Waals surface area contributed by atoms with Gasteiger partial charge in [-0.15, -0.1) is 11.8 Å². The standard InChI is InChI=1S/C14H15Br2NOS/c1-13(2)10(8-9-6-4-3-5-7-9)17-11(18)14(15,16)12(17)19-13/h3-7,10,12H,8H2,1-2H3/t10?,12-/m1/s1. The fourth-order valence-corrected chi connectivity index (χ4v) is 5.76. The summed E-state index contributed by atoms with van der Waals surface area (Å²) in [5, 5.41) is 0.184.